The number of aryl methyl sites for hydroxylation is 1. The summed E-state index contributed by atoms with van der Waals surface area (Å²) in [7, 11) is 0. The van der Waals surface area contributed by atoms with Crippen molar-refractivity contribution in [3.8, 4) is 0 Å². The molecule has 2 rings (SSSR count). The third-order valence-corrected chi connectivity index (χ3v) is 2.89. The van der Waals surface area contributed by atoms with Gasteiger partial charge in [-0.25, -0.2) is 4.98 Å². The Morgan fingerprint density at radius 2 is 2.35 bits per heavy atom. The average Bonchev–Trinajstić information content (AvgIpc) is 3.09. The van der Waals surface area contributed by atoms with Gasteiger partial charge in [-0.2, -0.15) is 0 Å². The van der Waals surface area contributed by atoms with E-state index < -0.39 is 4.92 Å². The summed E-state index contributed by atoms with van der Waals surface area (Å²) in [5.41, 5.74) is 0.636. The summed E-state index contributed by atoms with van der Waals surface area (Å²) < 4.78 is 0. The summed E-state index contributed by atoms with van der Waals surface area (Å²) in [6.07, 6.45) is 3.48. The smallest absolute Gasteiger partial charge is 0.290 e. The lowest BCUT2D eigenvalue weighted by molar-refractivity contribution is -0.385. The van der Waals surface area contributed by atoms with E-state index >= 15 is 0 Å². The molecule has 1 aliphatic carbocycles. The van der Waals surface area contributed by atoms with Gasteiger partial charge in [-0.15, -0.1) is 0 Å². The van der Waals surface area contributed by atoms with E-state index in [1.54, 1.807) is 13.0 Å². The predicted molar refractivity (Wildman–Crippen MR) is 63.1 cm³/mol. The topological polar surface area (TPSA) is 79.5 Å². The Hall–Kier alpha value is -1.69. The number of nitrogens with zero attached hydrogens (tertiary/aromatic N) is 3. The SMILES string of the molecule is Cc1cc(N(CCO)C2CC2)ncc1[N+](=O)[O-]. The highest BCUT2D eigenvalue weighted by molar-refractivity contribution is 5.50. The first-order chi connectivity index (χ1) is 8.13. The zero-order valence-electron chi connectivity index (χ0n) is 9.67. The molecule has 1 fully saturated rings. The first-order valence-electron chi connectivity index (χ1n) is 5.62. The van der Waals surface area contributed by atoms with Crippen molar-refractivity contribution in [3.63, 3.8) is 0 Å². The standard InChI is InChI=1S/C11H15N3O3/c1-8-6-11(12-7-10(8)14(16)17)13(4-5-15)9-2-3-9/h6-7,9,15H,2-5H2,1H3. The van der Waals surface area contributed by atoms with Gasteiger partial charge in [0.25, 0.3) is 5.69 Å². The minimum atomic E-state index is -0.431. The predicted octanol–water partition coefficient (Wildman–Crippen LogP) is 1.26. The van der Waals surface area contributed by atoms with Crippen molar-refractivity contribution in [2.75, 3.05) is 18.1 Å². The molecule has 0 unspecified atom stereocenters. The first kappa shape index (κ1) is 11.8. The Kier molecular flexibility index (Phi) is 3.23. The van der Waals surface area contributed by atoms with Crippen molar-refractivity contribution in [1.82, 2.24) is 4.98 Å². The number of rotatable bonds is 5. The van der Waals surface area contributed by atoms with Crippen LogP contribution in [0.3, 0.4) is 0 Å². The second kappa shape index (κ2) is 4.67. The maximum absolute atomic E-state index is 10.7. The fraction of sp³-hybridized carbons (Fsp3) is 0.545. The number of aliphatic hydroxyl groups is 1. The van der Waals surface area contributed by atoms with E-state index in [0.29, 0.717) is 24.0 Å². The molecule has 0 spiro atoms. The third kappa shape index (κ3) is 2.52. The molecular weight excluding hydrogens is 222 g/mol. The van der Waals surface area contributed by atoms with Gasteiger partial charge in [0, 0.05) is 18.2 Å². The molecule has 0 atom stereocenters. The quantitative estimate of drug-likeness (QED) is 0.616. The Labute approximate surface area is 99.0 Å². The molecular formula is C11H15N3O3. The molecule has 1 saturated carbocycles. The van der Waals surface area contributed by atoms with E-state index in [9.17, 15) is 10.1 Å². The number of nitro groups is 1. The first-order valence-corrected chi connectivity index (χ1v) is 5.62. The Morgan fingerprint density at radius 3 is 2.82 bits per heavy atom. The Morgan fingerprint density at radius 1 is 1.65 bits per heavy atom. The maximum Gasteiger partial charge on any atom is 0.290 e. The fourth-order valence-electron chi connectivity index (χ4n) is 1.86. The molecule has 0 aromatic carbocycles. The highest BCUT2D eigenvalue weighted by atomic mass is 16.6. The van der Waals surface area contributed by atoms with Gasteiger partial charge in [0.1, 0.15) is 12.0 Å². The van der Waals surface area contributed by atoms with Crippen molar-refractivity contribution in [1.29, 1.82) is 0 Å². The summed E-state index contributed by atoms with van der Waals surface area (Å²) in [5, 5.41) is 19.7. The molecule has 0 amide bonds. The normalized spacial score (nSPS) is 14.7. The van der Waals surface area contributed by atoms with Crippen LogP contribution in [0.25, 0.3) is 0 Å². The molecule has 1 N–H and O–H groups in total. The van der Waals surface area contributed by atoms with Crippen LogP contribution in [0.15, 0.2) is 12.3 Å². The van der Waals surface area contributed by atoms with Crippen molar-refractivity contribution >= 4 is 11.5 Å². The summed E-state index contributed by atoms with van der Waals surface area (Å²) in [6.45, 7) is 2.29. The second-order valence-corrected chi connectivity index (χ2v) is 4.23. The summed E-state index contributed by atoms with van der Waals surface area (Å²) >= 11 is 0. The zero-order chi connectivity index (χ0) is 12.4. The minimum Gasteiger partial charge on any atom is -0.395 e. The van der Waals surface area contributed by atoms with Crippen LogP contribution < -0.4 is 4.90 Å². The van der Waals surface area contributed by atoms with Gasteiger partial charge >= 0.3 is 0 Å². The Bertz CT molecular complexity index is 432. The van der Waals surface area contributed by atoms with Crippen LogP contribution in [0.2, 0.25) is 0 Å². The van der Waals surface area contributed by atoms with Crippen LogP contribution >= 0.6 is 0 Å². The molecule has 6 heteroatoms. The van der Waals surface area contributed by atoms with Gasteiger partial charge in [0.15, 0.2) is 0 Å². The molecule has 17 heavy (non-hydrogen) atoms. The van der Waals surface area contributed by atoms with Gasteiger partial charge in [-0.1, -0.05) is 0 Å². The lowest BCUT2D eigenvalue weighted by Gasteiger charge is -2.22. The molecule has 0 radical (unpaired) electrons. The van der Waals surface area contributed by atoms with E-state index in [4.69, 9.17) is 5.11 Å². The van der Waals surface area contributed by atoms with E-state index in [1.807, 2.05) is 4.90 Å². The molecule has 0 bridgehead atoms. The molecule has 1 aliphatic rings. The lowest BCUT2D eigenvalue weighted by Crippen LogP contribution is -2.29. The van der Waals surface area contributed by atoms with E-state index in [1.165, 1.54) is 6.20 Å². The number of aromatic nitrogens is 1. The lowest BCUT2D eigenvalue weighted by atomic mass is 10.2. The van der Waals surface area contributed by atoms with Crippen LogP contribution in [0, 0.1) is 17.0 Å². The summed E-state index contributed by atoms with van der Waals surface area (Å²) in [5.74, 6) is 0.713. The van der Waals surface area contributed by atoms with Gasteiger partial charge in [-0.3, -0.25) is 10.1 Å². The number of pyridine rings is 1. The Balaban J connectivity index is 2.25. The van der Waals surface area contributed by atoms with Gasteiger partial charge in [0.05, 0.1) is 11.5 Å². The van der Waals surface area contributed by atoms with Crippen molar-refractivity contribution in [2.24, 2.45) is 0 Å². The van der Waals surface area contributed by atoms with Crippen LogP contribution in [-0.2, 0) is 0 Å². The van der Waals surface area contributed by atoms with Gasteiger partial charge in [-0.05, 0) is 25.8 Å². The van der Waals surface area contributed by atoms with Crippen LogP contribution in [-0.4, -0.2) is 34.2 Å². The van der Waals surface area contributed by atoms with Gasteiger partial charge < -0.3 is 10.0 Å². The van der Waals surface area contributed by atoms with Crippen LogP contribution in [0.4, 0.5) is 11.5 Å². The molecule has 0 aliphatic heterocycles. The number of aliphatic hydroxyl groups excluding tert-OH is 1. The number of anilines is 1. The van der Waals surface area contributed by atoms with Crippen molar-refractivity contribution < 1.29 is 10.0 Å². The monoisotopic (exact) mass is 237 g/mol. The van der Waals surface area contributed by atoms with Crippen LogP contribution in [0.5, 0.6) is 0 Å². The highest BCUT2D eigenvalue weighted by Gasteiger charge is 2.30. The van der Waals surface area contributed by atoms with Gasteiger partial charge in [0.2, 0.25) is 0 Å². The summed E-state index contributed by atoms with van der Waals surface area (Å²) in [6, 6.07) is 2.14. The van der Waals surface area contributed by atoms with Crippen molar-refractivity contribution in [3.05, 3.63) is 27.9 Å². The number of hydrogen-bond acceptors (Lipinski definition) is 5. The van der Waals surface area contributed by atoms with Crippen molar-refractivity contribution in [2.45, 2.75) is 25.8 Å². The third-order valence-electron chi connectivity index (χ3n) is 2.89. The zero-order valence-corrected chi connectivity index (χ0v) is 9.67. The van der Waals surface area contributed by atoms with E-state index in [0.717, 1.165) is 12.8 Å². The van der Waals surface area contributed by atoms with Crippen LogP contribution in [0.1, 0.15) is 18.4 Å². The molecule has 6 nitrogen and oxygen atoms in total. The molecule has 92 valence electrons. The minimum absolute atomic E-state index is 0.0356. The average molecular weight is 237 g/mol. The van der Waals surface area contributed by atoms with E-state index in [2.05, 4.69) is 4.98 Å². The molecule has 1 heterocycles. The fourth-order valence-corrected chi connectivity index (χ4v) is 1.86. The molecule has 1 aromatic heterocycles. The molecule has 0 saturated heterocycles. The summed E-state index contributed by atoms with van der Waals surface area (Å²) in [4.78, 5) is 16.4. The maximum atomic E-state index is 10.7. The largest absolute Gasteiger partial charge is 0.395 e. The van der Waals surface area contributed by atoms with E-state index in [-0.39, 0.29) is 12.3 Å². The molecule has 1 aromatic rings. The number of hydrogen-bond donors (Lipinski definition) is 1. The highest BCUT2D eigenvalue weighted by Crippen LogP contribution is 2.31. The second-order valence-electron chi connectivity index (χ2n) is 4.23.